The molecular weight excluding hydrogens is 252 g/mol. The topological polar surface area (TPSA) is 0 Å². The molecule has 116 valence electrons. The predicted octanol–water partition coefficient (Wildman–Crippen LogP) is 6.20. The predicted molar refractivity (Wildman–Crippen MR) is 91.9 cm³/mol. The van der Waals surface area contributed by atoms with Crippen LogP contribution >= 0.6 is 0 Å². The number of unbranched alkanes of at least 4 members (excludes halogenated alkanes) is 1. The Balaban J connectivity index is 1.88. The van der Waals surface area contributed by atoms with Crippen LogP contribution in [0.1, 0.15) is 88.3 Å². The van der Waals surface area contributed by atoms with Gasteiger partial charge in [0.25, 0.3) is 0 Å². The average Bonchev–Trinajstić information content (AvgIpc) is 2.53. The summed E-state index contributed by atoms with van der Waals surface area (Å²) in [5.41, 5.74) is 5.52. The molecule has 1 fully saturated rings. The Hall–Kier alpha value is -0.780. The van der Waals surface area contributed by atoms with Gasteiger partial charge in [-0.25, -0.2) is 0 Å². The summed E-state index contributed by atoms with van der Waals surface area (Å²) >= 11 is 0. The number of hydrogen-bond acceptors (Lipinski definition) is 0. The SMILES string of the molecule is CCCCC1(c2ccc3c(c2)CCC(C)C3)CCCCC1. The number of rotatable bonds is 4. The van der Waals surface area contributed by atoms with Crippen molar-refractivity contribution in [1.29, 1.82) is 0 Å². The minimum atomic E-state index is 0.520. The molecule has 0 heterocycles. The lowest BCUT2D eigenvalue weighted by Crippen LogP contribution is -2.29. The van der Waals surface area contributed by atoms with Gasteiger partial charge in [0.2, 0.25) is 0 Å². The Morgan fingerprint density at radius 3 is 2.67 bits per heavy atom. The smallest absolute Gasteiger partial charge is 0.00469 e. The van der Waals surface area contributed by atoms with Gasteiger partial charge in [0, 0.05) is 0 Å². The van der Waals surface area contributed by atoms with Crippen molar-refractivity contribution in [3.8, 4) is 0 Å². The molecule has 2 aliphatic rings. The van der Waals surface area contributed by atoms with Gasteiger partial charge in [-0.15, -0.1) is 0 Å². The van der Waals surface area contributed by atoms with Gasteiger partial charge < -0.3 is 0 Å². The lowest BCUT2D eigenvalue weighted by atomic mass is 9.66. The first-order valence-electron chi connectivity index (χ1n) is 9.36. The maximum atomic E-state index is 2.61. The fourth-order valence-corrected chi connectivity index (χ4v) is 4.69. The zero-order chi connectivity index (χ0) is 14.7. The molecule has 1 saturated carbocycles. The van der Waals surface area contributed by atoms with Gasteiger partial charge >= 0.3 is 0 Å². The van der Waals surface area contributed by atoms with E-state index in [-0.39, 0.29) is 0 Å². The van der Waals surface area contributed by atoms with Crippen molar-refractivity contribution in [2.45, 2.75) is 89.9 Å². The summed E-state index contributed by atoms with van der Waals surface area (Å²) in [6.07, 6.45) is 15.4. The van der Waals surface area contributed by atoms with Gasteiger partial charge in [-0.2, -0.15) is 0 Å². The van der Waals surface area contributed by atoms with E-state index in [9.17, 15) is 0 Å². The normalized spacial score (nSPS) is 24.6. The molecule has 0 amide bonds. The largest absolute Gasteiger partial charge is 0.0654 e. The standard InChI is InChI=1S/C21H32/c1-3-4-12-21(13-6-5-7-14-21)20-11-10-18-15-17(2)8-9-19(18)16-20/h10-11,16-17H,3-9,12-15H2,1-2H3. The van der Waals surface area contributed by atoms with E-state index in [0.717, 1.165) is 5.92 Å². The Kier molecular flexibility index (Phi) is 4.72. The lowest BCUT2D eigenvalue weighted by Gasteiger charge is -2.39. The molecule has 0 spiro atoms. The van der Waals surface area contributed by atoms with Gasteiger partial charge in [-0.1, -0.05) is 64.2 Å². The van der Waals surface area contributed by atoms with Crippen molar-refractivity contribution < 1.29 is 0 Å². The maximum absolute atomic E-state index is 2.61. The lowest BCUT2D eigenvalue weighted by molar-refractivity contribution is 0.267. The molecule has 21 heavy (non-hydrogen) atoms. The number of fused-ring (bicyclic) bond motifs is 1. The Labute approximate surface area is 131 Å². The van der Waals surface area contributed by atoms with Crippen molar-refractivity contribution in [2.75, 3.05) is 0 Å². The van der Waals surface area contributed by atoms with Gasteiger partial charge in [-0.05, 0) is 66.5 Å². The van der Waals surface area contributed by atoms with Crippen LogP contribution in [0.4, 0.5) is 0 Å². The van der Waals surface area contributed by atoms with Gasteiger partial charge in [0.05, 0.1) is 0 Å². The summed E-state index contributed by atoms with van der Waals surface area (Å²) in [6.45, 7) is 4.74. The quantitative estimate of drug-likeness (QED) is 0.617. The highest BCUT2D eigenvalue weighted by atomic mass is 14.4. The van der Waals surface area contributed by atoms with Crippen LogP contribution in [-0.4, -0.2) is 0 Å². The summed E-state index contributed by atoms with van der Waals surface area (Å²) in [5.74, 6) is 0.882. The molecule has 1 aromatic rings. The molecule has 0 nitrogen and oxygen atoms in total. The van der Waals surface area contributed by atoms with Gasteiger partial charge in [0.1, 0.15) is 0 Å². The van der Waals surface area contributed by atoms with Crippen molar-refractivity contribution in [3.63, 3.8) is 0 Å². The second kappa shape index (κ2) is 6.55. The van der Waals surface area contributed by atoms with Crippen LogP contribution in [0, 0.1) is 5.92 Å². The van der Waals surface area contributed by atoms with E-state index in [1.165, 1.54) is 70.6 Å². The Morgan fingerprint density at radius 1 is 1.10 bits per heavy atom. The van der Waals surface area contributed by atoms with Gasteiger partial charge in [-0.3, -0.25) is 0 Å². The highest BCUT2D eigenvalue weighted by Gasteiger charge is 2.33. The molecule has 0 saturated heterocycles. The average molecular weight is 284 g/mol. The first-order valence-corrected chi connectivity index (χ1v) is 9.36. The fraction of sp³-hybridized carbons (Fsp3) is 0.714. The summed E-state index contributed by atoms with van der Waals surface area (Å²) < 4.78 is 0. The second-order valence-electron chi connectivity index (χ2n) is 7.78. The first-order chi connectivity index (χ1) is 10.2. The van der Waals surface area contributed by atoms with Crippen LogP contribution in [0.15, 0.2) is 18.2 Å². The van der Waals surface area contributed by atoms with E-state index >= 15 is 0 Å². The monoisotopic (exact) mass is 284 g/mol. The number of hydrogen-bond donors (Lipinski definition) is 0. The molecule has 0 N–H and O–H groups in total. The Morgan fingerprint density at radius 2 is 1.90 bits per heavy atom. The summed E-state index contributed by atoms with van der Waals surface area (Å²) in [4.78, 5) is 0. The molecule has 0 heteroatoms. The minimum absolute atomic E-state index is 0.520. The molecule has 0 aliphatic heterocycles. The molecule has 3 rings (SSSR count). The summed E-state index contributed by atoms with van der Waals surface area (Å²) in [7, 11) is 0. The molecule has 0 bridgehead atoms. The van der Waals surface area contributed by atoms with Gasteiger partial charge in [0.15, 0.2) is 0 Å². The Bertz CT molecular complexity index is 465. The van der Waals surface area contributed by atoms with E-state index in [0.29, 0.717) is 5.41 Å². The van der Waals surface area contributed by atoms with E-state index in [1.54, 1.807) is 16.7 Å². The van der Waals surface area contributed by atoms with Crippen molar-refractivity contribution >= 4 is 0 Å². The van der Waals surface area contributed by atoms with Crippen LogP contribution in [0.5, 0.6) is 0 Å². The molecule has 0 aromatic heterocycles. The fourth-order valence-electron chi connectivity index (χ4n) is 4.69. The van der Waals surface area contributed by atoms with Crippen molar-refractivity contribution in [1.82, 2.24) is 0 Å². The molecule has 1 atom stereocenters. The van der Waals surface area contributed by atoms with Crippen LogP contribution in [0.2, 0.25) is 0 Å². The van der Waals surface area contributed by atoms with Crippen molar-refractivity contribution in [2.24, 2.45) is 5.92 Å². The van der Waals surface area contributed by atoms with E-state index in [4.69, 9.17) is 0 Å². The summed E-state index contributed by atoms with van der Waals surface area (Å²) in [6, 6.07) is 7.59. The van der Waals surface area contributed by atoms with E-state index in [2.05, 4.69) is 32.0 Å². The minimum Gasteiger partial charge on any atom is -0.0654 e. The molecule has 1 unspecified atom stereocenters. The van der Waals surface area contributed by atoms with Crippen LogP contribution in [-0.2, 0) is 18.3 Å². The van der Waals surface area contributed by atoms with Crippen LogP contribution in [0.25, 0.3) is 0 Å². The van der Waals surface area contributed by atoms with E-state index < -0.39 is 0 Å². The zero-order valence-corrected chi connectivity index (χ0v) is 14.1. The third-order valence-corrected chi connectivity index (χ3v) is 6.11. The van der Waals surface area contributed by atoms with Crippen LogP contribution in [0.3, 0.4) is 0 Å². The molecule has 0 radical (unpaired) electrons. The zero-order valence-electron chi connectivity index (χ0n) is 14.1. The first kappa shape index (κ1) is 15.1. The molecule has 1 aromatic carbocycles. The molecular formula is C21H32. The third-order valence-electron chi connectivity index (χ3n) is 6.11. The van der Waals surface area contributed by atoms with E-state index in [1.807, 2.05) is 0 Å². The summed E-state index contributed by atoms with van der Waals surface area (Å²) in [5, 5.41) is 0. The highest BCUT2D eigenvalue weighted by Crippen LogP contribution is 2.44. The highest BCUT2D eigenvalue weighted by molar-refractivity contribution is 5.38. The number of aryl methyl sites for hydroxylation is 1. The molecule has 2 aliphatic carbocycles. The van der Waals surface area contributed by atoms with Crippen LogP contribution < -0.4 is 0 Å². The van der Waals surface area contributed by atoms with Crippen molar-refractivity contribution in [3.05, 3.63) is 34.9 Å². The second-order valence-corrected chi connectivity index (χ2v) is 7.78. The maximum Gasteiger partial charge on any atom is -0.00469 e. The number of benzene rings is 1. The third kappa shape index (κ3) is 3.20.